The third-order valence-electron chi connectivity index (χ3n) is 1.90. The normalized spacial score (nSPS) is 9.88. The molecule has 0 fully saturated rings. The molecule has 5 nitrogen and oxygen atoms in total. The Morgan fingerprint density at radius 2 is 2.12 bits per heavy atom. The second-order valence-corrected chi connectivity index (χ2v) is 4.60. The Bertz CT molecular complexity index is 490. The molecule has 0 bridgehead atoms. The van der Waals surface area contributed by atoms with Gasteiger partial charge in [0.15, 0.2) is 0 Å². The van der Waals surface area contributed by atoms with Gasteiger partial charge in [0.25, 0.3) is 0 Å². The lowest BCUT2D eigenvalue weighted by Gasteiger charge is -2.12. The molecule has 1 rings (SSSR count). The summed E-state index contributed by atoms with van der Waals surface area (Å²) < 4.78 is 4.78. The Labute approximate surface area is 116 Å². The van der Waals surface area contributed by atoms with E-state index in [9.17, 15) is 14.7 Å². The summed E-state index contributed by atoms with van der Waals surface area (Å²) in [7, 11) is 1.20. The largest absolute Gasteiger partial charge is 0.506 e. The average molecular weight is 370 g/mol. The van der Waals surface area contributed by atoms with Crippen LogP contribution in [0.2, 0.25) is 5.02 Å². The van der Waals surface area contributed by atoms with Crippen LogP contribution in [0.15, 0.2) is 6.07 Å². The van der Waals surface area contributed by atoms with Crippen LogP contribution in [0.4, 0.5) is 5.69 Å². The molecule has 1 aromatic carbocycles. The maximum absolute atomic E-state index is 11.3. The number of nitrogens with one attached hydrogen (secondary N) is 1. The smallest absolute Gasteiger partial charge is 0.341 e. The first kappa shape index (κ1) is 14.0. The summed E-state index contributed by atoms with van der Waals surface area (Å²) in [6.07, 6.45) is 0. The van der Waals surface area contributed by atoms with Gasteiger partial charge in [0.05, 0.1) is 21.4 Å². The minimum atomic E-state index is -0.698. The molecule has 17 heavy (non-hydrogen) atoms. The van der Waals surface area contributed by atoms with Crippen molar-refractivity contribution in [2.75, 3.05) is 12.4 Å². The molecule has 1 amide bonds. The van der Waals surface area contributed by atoms with Gasteiger partial charge >= 0.3 is 5.97 Å². The topological polar surface area (TPSA) is 75.6 Å². The predicted octanol–water partition coefficient (Wildman–Crippen LogP) is 2.40. The molecule has 0 unspecified atom stereocenters. The highest BCUT2D eigenvalue weighted by Gasteiger charge is 2.20. The van der Waals surface area contributed by atoms with Gasteiger partial charge in [0.2, 0.25) is 5.91 Å². The molecule has 92 valence electrons. The lowest BCUT2D eigenvalue weighted by atomic mass is 10.2. The molecular weight excluding hydrogens is 360 g/mol. The number of halogens is 2. The van der Waals surface area contributed by atoms with Crippen molar-refractivity contribution in [1.29, 1.82) is 0 Å². The first-order valence-electron chi connectivity index (χ1n) is 4.45. The van der Waals surface area contributed by atoms with Crippen molar-refractivity contribution < 1.29 is 19.4 Å². The Balaban J connectivity index is 3.36. The fourth-order valence-corrected chi connectivity index (χ4v) is 2.29. The quantitative estimate of drug-likeness (QED) is 0.620. The maximum Gasteiger partial charge on any atom is 0.341 e. The van der Waals surface area contributed by atoms with Crippen molar-refractivity contribution in [1.82, 2.24) is 0 Å². The summed E-state index contributed by atoms with van der Waals surface area (Å²) in [5.74, 6) is -1.29. The van der Waals surface area contributed by atoms with E-state index in [2.05, 4.69) is 10.1 Å². The van der Waals surface area contributed by atoms with E-state index in [-0.39, 0.29) is 31.5 Å². The molecule has 0 atom stereocenters. The molecule has 0 heterocycles. The van der Waals surface area contributed by atoms with Crippen LogP contribution in [0.5, 0.6) is 5.75 Å². The number of carbonyl (C=O) groups excluding carboxylic acids is 2. The summed E-state index contributed by atoms with van der Waals surface area (Å²) in [5.41, 5.74) is 0.223. The number of benzene rings is 1. The molecule has 0 spiro atoms. The van der Waals surface area contributed by atoms with Gasteiger partial charge in [-0.3, -0.25) is 4.79 Å². The van der Waals surface area contributed by atoms with Crippen molar-refractivity contribution in [3.8, 4) is 5.75 Å². The third kappa shape index (κ3) is 3.01. The van der Waals surface area contributed by atoms with Gasteiger partial charge in [-0.2, -0.15) is 0 Å². The number of anilines is 1. The van der Waals surface area contributed by atoms with Crippen LogP contribution < -0.4 is 5.32 Å². The summed E-state index contributed by atoms with van der Waals surface area (Å²) in [6.45, 7) is 1.32. The number of rotatable bonds is 2. The van der Waals surface area contributed by atoms with Gasteiger partial charge in [0.1, 0.15) is 11.3 Å². The maximum atomic E-state index is 11.3. The van der Waals surface area contributed by atoms with Crippen molar-refractivity contribution in [3.63, 3.8) is 0 Å². The zero-order valence-electron chi connectivity index (χ0n) is 9.01. The number of phenols is 1. The molecule has 7 heteroatoms. The number of hydrogen-bond acceptors (Lipinski definition) is 4. The van der Waals surface area contributed by atoms with Gasteiger partial charge < -0.3 is 15.2 Å². The van der Waals surface area contributed by atoms with E-state index in [1.165, 1.54) is 20.1 Å². The minimum Gasteiger partial charge on any atom is -0.506 e. The molecule has 0 aliphatic rings. The Kier molecular flexibility index (Phi) is 4.58. The lowest BCUT2D eigenvalue weighted by molar-refractivity contribution is -0.114. The summed E-state index contributed by atoms with van der Waals surface area (Å²) in [4.78, 5) is 22.3. The molecule has 0 aliphatic carbocycles. The van der Waals surface area contributed by atoms with E-state index in [0.29, 0.717) is 0 Å². The van der Waals surface area contributed by atoms with Crippen LogP contribution in [0, 0.1) is 3.57 Å². The van der Waals surface area contributed by atoms with Crippen LogP contribution in [0.1, 0.15) is 17.3 Å². The van der Waals surface area contributed by atoms with Gasteiger partial charge in [-0.1, -0.05) is 11.6 Å². The number of methoxy groups -OCH3 is 1. The molecule has 2 N–H and O–H groups in total. The highest BCUT2D eigenvalue weighted by Crippen LogP contribution is 2.37. The molecule has 0 radical (unpaired) electrons. The van der Waals surface area contributed by atoms with Crippen molar-refractivity contribution in [2.24, 2.45) is 0 Å². The fourth-order valence-electron chi connectivity index (χ4n) is 1.16. The first-order valence-corrected chi connectivity index (χ1v) is 5.91. The number of amides is 1. The summed E-state index contributed by atoms with van der Waals surface area (Å²) >= 11 is 7.70. The van der Waals surface area contributed by atoms with Crippen molar-refractivity contribution >= 4 is 51.8 Å². The summed E-state index contributed by atoms with van der Waals surface area (Å²) in [5, 5.41) is 12.4. The SMILES string of the molecule is COC(=O)c1cc(Cl)c(NC(C)=O)c(I)c1O. The zero-order valence-corrected chi connectivity index (χ0v) is 11.9. The number of esters is 1. The third-order valence-corrected chi connectivity index (χ3v) is 3.25. The number of phenolic OH excluding ortho intramolecular Hbond substituents is 1. The van der Waals surface area contributed by atoms with E-state index in [0.717, 1.165) is 0 Å². The number of hydrogen-bond donors (Lipinski definition) is 2. The number of carbonyl (C=O) groups is 2. The molecule has 0 aliphatic heterocycles. The van der Waals surface area contributed by atoms with E-state index in [4.69, 9.17) is 11.6 Å². The van der Waals surface area contributed by atoms with Crippen LogP contribution in [-0.4, -0.2) is 24.1 Å². The van der Waals surface area contributed by atoms with Crippen LogP contribution in [0.3, 0.4) is 0 Å². The molecule has 0 saturated carbocycles. The van der Waals surface area contributed by atoms with E-state index in [1.54, 1.807) is 22.6 Å². The average Bonchev–Trinajstić information content (AvgIpc) is 2.28. The summed E-state index contributed by atoms with van der Waals surface area (Å²) in [6, 6.07) is 1.25. The molecule has 0 aromatic heterocycles. The van der Waals surface area contributed by atoms with Crippen LogP contribution >= 0.6 is 34.2 Å². The van der Waals surface area contributed by atoms with Gasteiger partial charge in [0, 0.05) is 6.92 Å². The lowest BCUT2D eigenvalue weighted by Crippen LogP contribution is -2.10. The van der Waals surface area contributed by atoms with Gasteiger partial charge in [-0.15, -0.1) is 0 Å². The predicted molar refractivity (Wildman–Crippen MR) is 71.5 cm³/mol. The highest BCUT2D eigenvalue weighted by molar-refractivity contribution is 14.1. The molecule has 0 saturated heterocycles. The Morgan fingerprint density at radius 3 is 2.59 bits per heavy atom. The van der Waals surface area contributed by atoms with Gasteiger partial charge in [-0.05, 0) is 28.7 Å². The molecular formula is C10H9ClINO4. The van der Waals surface area contributed by atoms with Crippen molar-refractivity contribution in [3.05, 3.63) is 20.2 Å². The number of aromatic hydroxyl groups is 1. The highest BCUT2D eigenvalue weighted by atomic mass is 127. The monoisotopic (exact) mass is 369 g/mol. The molecule has 1 aromatic rings. The van der Waals surface area contributed by atoms with E-state index >= 15 is 0 Å². The Hall–Kier alpha value is -1.02. The first-order chi connectivity index (χ1) is 7.88. The number of ether oxygens (including phenoxy) is 1. The van der Waals surface area contributed by atoms with Crippen LogP contribution in [-0.2, 0) is 9.53 Å². The van der Waals surface area contributed by atoms with Crippen LogP contribution in [0.25, 0.3) is 0 Å². The van der Waals surface area contributed by atoms with Crippen molar-refractivity contribution in [2.45, 2.75) is 6.92 Å². The zero-order chi connectivity index (χ0) is 13.2. The fraction of sp³-hybridized carbons (Fsp3) is 0.200. The standard InChI is InChI=1S/C10H9ClINO4/c1-4(14)13-8-6(11)3-5(10(16)17-2)9(15)7(8)12/h3,15H,1-2H3,(H,13,14). The van der Waals surface area contributed by atoms with Gasteiger partial charge in [-0.25, -0.2) is 4.79 Å². The Morgan fingerprint density at radius 1 is 1.53 bits per heavy atom. The second kappa shape index (κ2) is 5.54. The minimum absolute atomic E-state index is 0.0454. The van der Waals surface area contributed by atoms with E-state index in [1.807, 2.05) is 0 Å². The second-order valence-electron chi connectivity index (χ2n) is 3.12. The van der Waals surface area contributed by atoms with E-state index < -0.39 is 5.97 Å².